The van der Waals surface area contributed by atoms with Gasteiger partial charge in [0.15, 0.2) is 0 Å². The van der Waals surface area contributed by atoms with E-state index in [9.17, 15) is 19.5 Å². The van der Waals surface area contributed by atoms with Crippen LogP contribution in [-0.4, -0.2) is 23.0 Å². The number of carbonyl (C=O) groups is 3. The molecule has 0 radical (unpaired) electrons. The zero-order valence-electron chi connectivity index (χ0n) is 17.9. The Morgan fingerprint density at radius 2 is 1.74 bits per heavy atom. The average molecular weight is 571 g/mol. The van der Waals surface area contributed by atoms with Crippen molar-refractivity contribution in [1.82, 2.24) is 5.32 Å². The number of benzene rings is 3. The molecule has 1 atom stereocenters. The summed E-state index contributed by atoms with van der Waals surface area (Å²) in [6.07, 6.45) is 0.917. The highest BCUT2D eigenvalue weighted by molar-refractivity contribution is 14.1. The van der Waals surface area contributed by atoms with Crippen molar-refractivity contribution in [2.45, 2.75) is 12.5 Å². The van der Waals surface area contributed by atoms with Gasteiger partial charge in [-0.3, -0.25) is 14.9 Å². The maximum absolute atomic E-state index is 12.4. The monoisotopic (exact) mass is 571 g/mol. The van der Waals surface area contributed by atoms with Crippen LogP contribution in [0.3, 0.4) is 0 Å². The SMILES string of the molecule is Nc1ccccc1NC(=O)/C=C/C[C@@H](OC(=O)NC(=O)c1ccccc1)c1cc(I)ccc1O. The van der Waals surface area contributed by atoms with Crippen LogP contribution >= 0.6 is 22.6 Å². The summed E-state index contributed by atoms with van der Waals surface area (Å²) in [6, 6.07) is 19.9. The third-order valence-corrected chi connectivity index (χ3v) is 5.35. The lowest BCUT2D eigenvalue weighted by Crippen LogP contribution is -2.32. The molecule has 0 saturated carbocycles. The Morgan fingerprint density at radius 1 is 1.03 bits per heavy atom. The molecule has 0 aliphatic carbocycles. The molecular formula is C25H22IN3O5. The molecule has 0 saturated heterocycles. The fourth-order valence-corrected chi connectivity index (χ4v) is 3.53. The molecule has 3 rings (SSSR count). The van der Waals surface area contributed by atoms with E-state index in [0.717, 1.165) is 3.57 Å². The fourth-order valence-electron chi connectivity index (χ4n) is 3.02. The number of imide groups is 1. The highest BCUT2D eigenvalue weighted by Crippen LogP contribution is 2.31. The molecule has 0 fully saturated rings. The van der Waals surface area contributed by atoms with Gasteiger partial charge in [-0.1, -0.05) is 36.4 Å². The number of phenols is 1. The first-order valence-electron chi connectivity index (χ1n) is 10.2. The second-order valence-electron chi connectivity index (χ2n) is 7.13. The first kappa shape index (κ1) is 24.8. The third-order valence-electron chi connectivity index (χ3n) is 4.68. The maximum Gasteiger partial charge on any atom is 0.414 e. The van der Waals surface area contributed by atoms with Crippen LogP contribution in [0.5, 0.6) is 5.75 Å². The predicted octanol–water partition coefficient (Wildman–Crippen LogP) is 4.77. The number of nitrogens with one attached hydrogen (secondary N) is 2. The van der Waals surface area contributed by atoms with Crippen LogP contribution in [-0.2, 0) is 9.53 Å². The highest BCUT2D eigenvalue weighted by atomic mass is 127. The van der Waals surface area contributed by atoms with Crippen molar-refractivity contribution in [3.05, 3.63) is 99.6 Å². The number of nitrogen functional groups attached to an aromatic ring is 1. The minimum atomic E-state index is -0.980. The molecule has 5 N–H and O–H groups in total. The quantitative estimate of drug-likeness (QED) is 0.184. The molecule has 9 heteroatoms. The molecule has 0 aromatic heterocycles. The van der Waals surface area contributed by atoms with E-state index in [0.29, 0.717) is 22.5 Å². The molecule has 34 heavy (non-hydrogen) atoms. The van der Waals surface area contributed by atoms with Crippen molar-refractivity contribution in [3.8, 4) is 5.75 Å². The van der Waals surface area contributed by atoms with Crippen LogP contribution in [0.15, 0.2) is 84.9 Å². The molecule has 8 nitrogen and oxygen atoms in total. The summed E-state index contributed by atoms with van der Waals surface area (Å²) in [4.78, 5) is 36.9. The first-order chi connectivity index (χ1) is 16.3. The van der Waals surface area contributed by atoms with E-state index < -0.39 is 24.0 Å². The van der Waals surface area contributed by atoms with Gasteiger partial charge in [0, 0.05) is 21.1 Å². The number of amides is 3. The summed E-state index contributed by atoms with van der Waals surface area (Å²) in [6.45, 7) is 0. The van der Waals surface area contributed by atoms with Crippen LogP contribution in [0.2, 0.25) is 0 Å². The first-order valence-corrected chi connectivity index (χ1v) is 11.3. The molecule has 0 aliphatic rings. The number of carbonyl (C=O) groups excluding carboxylic acids is 3. The minimum Gasteiger partial charge on any atom is -0.508 e. The zero-order valence-corrected chi connectivity index (χ0v) is 20.1. The Hall–Kier alpha value is -3.86. The van der Waals surface area contributed by atoms with Crippen molar-refractivity contribution in [3.63, 3.8) is 0 Å². The Kier molecular flexibility index (Phi) is 8.63. The predicted molar refractivity (Wildman–Crippen MR) is 137 cm³/mol. The van der Waals surface area contributed by atoms with Gasteiger partial charge in [0.05, 0.1) is 11.4 Å². The topological polar surface area (TPSA) is 131 Å². The van der Waals surface area contributed by atoms with Gasteiger partial charge in [0.1, 0.15) is 11.9 Å². The number of hydrogen-bond donors (Lipinski definition) is 4. The Morgan fingerprint density at radius 3 is 2.47 bits per heavy atom. The van der Waals surface area contributed by atoms with Crippen molar-refractivity contribution in [1.29, 1.82) is 0 Å². The van der Waals surface area contributed by atoms with E-state index in [4.69, 9.17) is 10.5 Å². The standard InChI is InChI=1S/C25H22IN3O5/c26-17-13-14-21(30)18(15-17)22(34-25(33)29-24(32)16-7-2-1-3-8-16)11-6-12-23(31)28-20-10-5-4-9-19(20)27/h1-10,12-15,22,30H,11,27H2,(H,28,31)(H,29,32,33)/b12-6+/t22-/m1/s1. The van der Waals surface area contributed by atoms with Gasteiger partial charge in [0.25, 0.3) is 5.91 Å². The number of aromatic hydroxyl groups is 1. The zero-order chi connectivity index (χ0) is 24.5. The van der Waals surface area contributed by atoms with Gasteiger partial charge >= 0.3 is 6.09 Å². The molecule has 0 aliphatic heterocycles. The van der Waals surface area contributed by atoms with Crippen LogP contribution < -0.4 is 16.4 Å². The number of halogens is 1. The summed E-state index contributed by atoms with van der Waals surface area (Å²) in [5.41, 5.74) is 7.36. The van der Waals surface area contributed by atoms with E-state index in [-0.39, 0.29) is 12.2 Å². The summed E-state index contributed by atoms with van der Waals surface area (Å²) >= 11 is 2.07. The number of alkyl carbamates (subject to hydrolysis) is 1. The van der Waals surface area contributed by atoms with Crippen LogP contribution in [0.25, 0.3) is 0 Å². The number of para-hydroxylation sites is 2. The highest BCUT2D eigenvalue weighted by Gasteiger charge is 2.21. The van der Waals surface area contributed by atoms with Gasteiger partial charge in [-0.2, -0.15) is 0 Å². The van der Waals surface area contributed by atoms with E-state index >= 15 is 0 Å². The fraction of sp³-hybridized carbons (Fsp3) is 0.0800. The average Bonchev–Trinajstić information content (AvgIpc) is 2.82. The normalized spacial score (nSPS) is 11.6. The summed E-state index contributed by atoms with van der Waals surface area (Å²) in [5, 5.41) is 15.1. The van der Waals surface area contributed by atoms with E-state index in [1.54, 1.807) is 66.7 Å². The number of anilines is 2. The van der Waals surface area contributed by atoms with Crippen molar-refractivity contribution in [2.24, 2.45) is 0 Å². The summed E-state index contributed by atoms with van der Waals surface area (Å²) < 4.78 is 6.25. The molecule has 3 aromatic carbocycles. The molecule has 0 bridgehead atoms. The van der Waals surface area contributed by atoms with Gasteiger partial charge in [0.2, 0.25) is 5.91 Å². The minimum absolute atomic E-state index is 0.0678. The molecule has 174 valence electrons. The Balaban J connectivity index is 1.71. The molecule has 0 heterocycles. The number of hydrogen-bond acceptors (Lipinski definition) is 6. The third kappa shape index (κ3) is 7.07. The van der Waals surface area contributed by atoms with Gasteiger partial charge in [-0.25, -0.2) is 4.79 Å². The lowest BCUT2D eigenvalue weighted by molar-refractivity contribution is -0.111. The second kappa shape index (κ2) is 11.8. The number of rotatable bonds is 7. The van der Waals surface area contributed by atoms with Crippen molar-refractivity contribution in [2.75, 3.05) is 11.1 Å². The Bertz CT molecular complexity index is 1210. The number of phenolic OH excluding ortho intramolecular Hbond substituents is 1. The van der Waals surface area contributed by atoms with Gasteiger partial charge in [-0.15, -0.1) is 0 Å². The number of nitrogens with two attached hydrogens (primary N) is 1. The Labute approximate surface area is 210 Å². The molecule has 3 amide bonds. The van der Waals surface area contributed by atoms with Crippen LogP contribution in [0.4, 0.5) is 16.2 Å². The van der Waals surface area contributed by atoms with Crippen LogP contribution in [0.1, 0.15) is 28.4 Å². The smallest absolute Gasteiger partial charge is 0.414 e. The lowest BCUT2D eigenvalue weighted by Gasteiger charge is -2.18. The van der Waals surface area contributed by atoms with Crippen molar-refractivity contribution < 1.29 is 24.2 Å². The summed E-state index contributed by atoms with van der Waals surface area (Å²) in [7, 11) is 0. The van der Waals surface area contributed by atoms with E-state index in [2.05, 4.69) is 33.2 Å². The van der Waals surface area contributed by atoms with Crippen LogP contribution in [0, 0.1) is 3.57 Å². The molecule has 0 unspecified atom stereocenters. The van der Waals surface area contributed by atoms with E-state index in [1.165, 1.54) is 18.2 Å². The van der Waals surface area contributed by atoms with Gasteiger partial charge in [-0.05, 0) is 71.1 Å². The second-order valence-corrected chi connectivity index (χ2v) is 8.38. The molecular weight excluding hydrogens is 549 g/mol. The summed E-state index contributed by atoms with van der Waals surface area (Å²) in [5.74, 6) is -1.12. The maximum atomic E-state index is 12.4. The lowest BCUT2D eigenvalue weighted by atomic mass is 10.0. The number of ether oxygens (including phenoxy) is 1. The van der Waals surface area contributed by atoms with Gasteiger partial charge < -0.3 is 20.9 Å². The molecule has 0 spiro atoms. The van der Waals surface area contributed by atoms with E-state index in [1.807, 2.05) is 0 Å². The largest absolute Gasteiger partial charge is 0.508 e. The molecule has 3 aromatic rings. The van der Waals surface area contributed by atoms with Crippen molar-refractivity contribution >= 4 is 51.9 Å².